The number of ether oxygens (including phenoxy) is 1. The van der Waals surface area contributed by atoms with Crippen LogP contribution in [0.1, 0.15) is 31.6 Å². The molecule has 2 heterocycles. The molecule has 1 fully saturated rings. The van der Waals surface area contributed by atoms with Gasteiger partial charge in [0.1, 0.15) is 0 Å². The lowest BCUT2D eigenvalue weighted by atomic mass is 9.90. The van der Waals surface area contributed by atoms with Crippen LogP contribution < -0.4 is 5.32 Å². The normalized spacial score (nSPS) is 26.3. The van der Waals surface area contributed by atoms with Crippen molar-refractivity contribution in [1.29, 1.82) is 0 Å². The molecule has 0 amide bonds. The summed E-state index contributed by atoms with van der Waals surface area (Å²) in [6, 6.07) is 2.53. The molecule has 0 bridgehead atoms. The van der Waals surface area contributed by atoms with Crippen LogP contribution in [-0.4, -0.2) is 24.8 Å². The molecule has 0 aliphatic carbocycles. The monoisotopic (exact) mass is 317 g/mol. The Hall–Kier alpha value is 0.1000. The number of rotatable bonds is 5. The Morgan fingerprint density at radius 3 is 3.00 bits per heavy atom. The lowest BCUT2D eigenvalue weighted by Gasteiger charge is -2.34. The van der Waals surface area contributed by atoms with Gasteiger partial charge in [0.05, 0.1) is 5.60 Å². The van der Waals surface area contributed by atoms with E-state index in [-0.39, 0.29) is 5.60 Å². The lowest BCUT2D eigenvalue weighted by Crippen LogP contribution is -2.49. The van der Waals surface area contributed by atoms with Crippen LogP contribution in [0, 0.1) is 0 Å². The van der Waals surface area contributed by atoms with Crippen molar-refractivity contribution in [2.45, 2.75) is 44.8 Å². The van der Waals surface area contributed by atoms with E-state index in [4.69, 9.17) is 4.74 Å². The van der Waals surface area contributed by atoms with E-state index < -0.39 is 0 Å². The second kappa shape index (κ2) is 5.83. The molecular formula is C13H20BrNOS. The van der Waals surface area contributed by atoms with Gasteiger partial charge in [0, 0.05) is 28.4 Å². The van der Waals surface area contributed by atoms with Gasteiger partial charge in [-0.25, -0.2) is 0 Å². The summed E-state index contributed by atoms with van der Waals surface area (Å²) in [7, 11) is 0. The summed E-state index contributed by atoms with van der Waals surface area (Å²) in [5.41, 5.74) is -0.000556. The van der Waals surface area contributed by atoms with Crippen LogP contribution in [0.25, 0.3) is 0 Å². The first-order chi connectivity index (χ1) is 8.15. The molecule has 4 heteroatoms. The van der Waals surface area contributed by atoms with Crippen LogP contribution in [0.5, 0.6) is 0 Å². The Bertz CT molecular complexity index is 360. The molecule has 0 spiro atoms. The number of hydrogen-bond acceptors (Lipinski definition) is 3. The largest absolute Gasteiger partial charge is 0.374 e. The van der Waals surface area contributed by atoms with Gasteiger partial charge >= 0.3 is 0 Å². The summed E-state index contributed by atoms with van der Waals surface area (Å²) >= 11 is 5.43. The van der Waals surface area contributed by atoms with E-state index in [1.54, 1.807) is 0 Å². The highest BCUT2D eigenvalue weighted by Gasteiger charge is 2.38. The van der Waals surface area contributed by atoms with Crippen molar-refractivity contribution in [3.05, 3.63) is 20.8 Å². The summed E-state index contributed by atoms with van der Waals surface area (Å²) in [4.78, 5) is 1.41. The summed E-state index contributed by atoms with van der Waals surface area (Å²) in [6.07, 6.45) is 3.39. The number of hydrogen-bond donors (Lipinski definition) is 1. The van der Waals surface area contributed by atoms with Gasteiger partial charge in [-0.15, -0.1) is 11.3 Å². The predicted octanol–water partition coefficient (Wildman–Crippen LogP) is 3.60. The van der Waals surface area contributed by atoms with E-state index in [0.717, 1.165) is 26.0 Å². The third kappa shape index (κ3) is 3.11. The van der Waals surface area contributed by atoms with Gasteiger partial charge in [-0.1, -0.05) is 6.92 Å². The first-order valence-electron chi connectivity index (χ1n) is 6.25. The molecule has 1 aliphatic rings. The molecule has 0 radical (unpaired) electrons. The van der Waals surface area contributed by atoms with Crippen molar-refractivity contribution in [3.8, 4) is 0 Å². The number of halogens is 1. The molecule has 2 unspecified atom stereocenters. The van der Waals surface area contributed by atoms with Crippen LogP contribution in [0.2, 0.25) is 0 Å². The fourth-order valence-corrected chi connectivity index (χ4v) is 4.04. The van der Waals surface area contributed by atoms with Gasteiger partial charge in [0.25, 0.3) is 0 Å². The minimum atomic E-state index is -0.000556. The van der Waals surface area contributed by atoms with E-state index in [1.807, 2.05) is 11.3 Å². The van der Waals surface area contributed by atoms with Gasteiger partial charge in [-0.05, 0) is 53.7 Å². The Morgan fingerprint density at radius 1 is 1.65 bits per heavy atom. The van der Waals surface area contributed by atoms with Gasteiger partial charge in [0.15, 0.2) is 0 Å². The zero-order valence-corrected chi connectivity index (χ0v) is 12.9. The standard InChI is InChI=1S/C13H20BrNOS/c1-3-15-12(13(2)6-4-7-16-13)9-11-10(14)5-8-17-11/h5,8,12,15H,3-4,6-7,9H2,1-2H3. The topological polar surface area (TPSA) is 21.3 Å². The van der Waals surface area contributed by atoms with Gasteiger partial charge < -0.3 is 10.1 Å². The Labute approximate surface area is 116 Å². The number of thiophene rings is 1. The van der Waals surface area contributed by atoms with Crippen molar-refractivity contribution in [2.75, 3.05) is 13.2 Å². The molecule has 0 saturated carbocycles. The minimum Gasteiger partial charge on any atom is -0.374 e. The second-order valence-corrected chi connectivity index (χ2v) is 6.63. The molecule has 1 saturated heterocycles. The van der Waals surface area contributed by atoms with Gasteiger partial charge in [-0.3, -0.25) is 0 Å². The van der Waals surface area contributed by atoms with Crippen molar-refractivity contribution < 1.29 is 4.74 Å². The predicted molar refractivity (Wildman–Crippen MR) is 76.8 cm³/mol. The van der Waals surface area contributed by atoms with Crippen LogP contribution >= 0.6 is 27.3 Å². The average molecular weight is 318 g/mol. The maximum absolute atomic E-state index is 5.97. The summed E-state index contributed by atoms with van der Waals surface area (Å²) in [5.74, 6) is 0. The maximum Gasteiger partial charge on any atom is 0.0811 e. The van der Waals surface area contributed by atoms with E-state index in [9.17, 15) is 0 Å². The minimum absolute atomic E-state index is 0.000556. The molecule has 96 valence electrons. The highest BCUT2D eigenvalue weighted by Crippen LogP contribution is 2.33. The maximum atomic E-state index is 5.97. The molecule has 1 N–H and O–H groups in total. The Kier molecular flexibility index (Phi) is 4.64. The number of nitrogens with one attached hydrogen (secondary N) is 1. The van der Waals surface area contributed by atoms with E-state index >= 15 is 0 Å². The van der Waals surface area contributed by atoms with Crippen LogP contribution in [-0.2, 0) is 11.2 Å². The lowest BCUT2D eigenvalue weighted by molar-refractivity contribution is -0.0108. The van der Waals surface area contributed by atoms with Gasteiger partial charge in [-0.2, -0.15) is 0 Å². The summed E-state index contributed by atoms with van der Waals surface area (Å²) in [6.45, 7) is 6.31. The van der Waals surface area contributed by atoms with E-state index in [2.05, 4.69) is 46.5 Å². The summed E-state index contributed by atoms with van der Waals surface area (Å²) < 4.78 is 7.20. The molecule has 2 nitrogen and oxygen atoms in total. The summed E-state index contributed by atoms with van der Waals surface area (Å²) in [5, 5.41) is 5.73. The van der Waals surface area contributed by atoms with E-state index in [1.165, 1.54) is 15.8 Å². The SMILES string of the molecule is CCNC(Cc1sccc1Br)C1(C)CCCO1. The zero-order valence-electron chi connectivity index (χ0n) is 10.5. The molecule has 17 heavy (non-hydrogen) atoms. The highest BCUT2D eigenvalue weighted by atomic mass is 79.9. The van der Waals surface area contributed by atoms with Crippen molar-refractivity contribution in [3.63, 3.8) is 0 Å². The van der Waals surface area contributed by atoms with Crippen LogP contribution in [0.4, 0.5) is 0 Å². The molecule has 2 atom stereocenters. The Morgan fingerprint density at radius 2 is 2.47 bits per heavy atom. The van der Waals surface area contributed by atoms with Crippen LogP contribution in [0.3, 0.4) is 0 Å². The smallest absolute Gasteiger partial charge is 0.0811 e. The molecule has 1 aliphatic heterocycles. The quantitative estimate of drug-likeness (QED) is 0.896. The first-order valence-corrected chi connectivity index (χ1v) is 7.92. The third-order valence-electron chi connectivity index (χ3n) is 3.52. The van der Waals surface area contributed by atoms with E-state index in [0.29, 0.717) is 6.04 Å². The van der Waals surface area contributed by atoms with Crippen molar-refractivity contribution >= 4 is 27.3 Å². The molecular weight excluding hydrogens is 298 g/mol. The Balaban J connectivity index is 2.09. The zero-order chi connectivity index (χ0) is 12.3. The average Bonchev–Trinajstić information content (AvgIpc) is 2.89. The second-order valence-electron chi connectivity index (χ2n) is 4.77. The van der Waals surface area contributed by atoms with Crippen LogP contribution in [0.15, 0.2) is 15.9 Å². The van der Waals surface area contributed by atoms with Crippen molar-refractivity contribution in [1.82, 2.24) is 5.32 Å². The molecule has 2 rings (SSSR count). The molecule has 0 aromatic carbocycles. The third-order valence-corrected chi connectivity index (χ3v) is 5.47. The first kappa shape index (κ1) is 13.5. The number of likely N-dealkylation sites (N-methyl/N-ethyl adjacent to an activating group) is 1. The fraction of sp³-hybridized carbons (Fsp3) is 0.692. The molecule has 1 aromatic heterocycles. The molecule has 1 aromatic rings. The highest BCUT2D eigenvalue weighted by molar-refractivity contribution is 9.10. The van der Waals surface area contributed by atoms with Gasteiger partial charge in [0.2, 0.25) is 0 Å². The fourth-order valence-electron chi connectivity index (χ4n) is 2.48. The van der Waals surface area contributed by atoms with Crippen molar-refractivity contribution in [2.24, 2.45) is 0 Å².